The number of anilines is 1. The van der Waals surface area contributed by atoms with Crippen molar-refractivity contribution in [1.29, 1.82) is 0 Å². The predicted molar refractivity (Wildman–Crippen MR) is 98.2 cm³/mol. The summed E-state index contributed by atoms with van der Waals surface area (Å²) in [5.74, 6) is 1.63. The standard InChI is InChI=1S/C18H18BrNO4/c1-22-13-5-7-16(23-2)12(8-13)9-14(19)18(21)11-4-6-17(24-3)15(20)10-11/h4-10H,20H2,1-3H3. The van der Waals surface area contributed by atoms with Crippen LogP contribution in [0.5, 0.6) is 17.2 Å². The van der Waals surface area contributed by atoms with E-state index in [0.29, 0.717) is 33.0 Å². The van der Waals surface area contributed by atoms with Gasteiger partial charge in [-0.3, -0.25) is 4.79 Å². The third-order valence-electron chi connectivity index (χ3n) is 3.43. The molecular weight excluding hydrogens is 374 g/mol. The number of benzene rings is 2. The first-order chi connectivity index (χ1) is 11.5. The molecule has 0 bridgehead atoms. The van der Waals surface area contributed by atoms with Gasteiger partial charge in [-0.05, 0) is 58.4 Å². The van der Waals surface area contributed by atoms with Gasteiger partial charge in [0.15, 0.2) is 5.78 Å². The maximum absolute atomic E-state index is 12.6. The molecule has 0 aromatic heterocycles. The molecule has 0 amide bonds. The summed E-state index contributed by atoms with van der Waals surface area (Å²) in [5.41, 5.74) is 7.44. The van der Waals surface area contributed by atoms with E-state index in [-0.39, 0.29) is 5.78 Å². The Labute approximate surface area is 149 Å². The van der Waals surface area contributed by atoms with E-state index in [4.69, 9.17) is 19.9 Å². The Kier molecular flexibility index (Phi) is 5.87. The molecule has 0 heterocycles. The lowest BCUT2D eigenvalue weighted by molar-refractivity contribution is 0.104. The normalized spacial score (nSPS) is 11.1. The Morgan fingerprint density at radius 2 is 1.67 bits per heavy atom. The lowest BCUT2D eigenvalue weighted by Gasteiger charge is -2.09. The van der Waals surface area contributed by atoms with Gasteiger partial charge in [0, 0.05) is 11.1 Å². The first-order valence-corrected chi connectivity index (χ1v) is 7.87. The molecule has 0 fully saturated rings. The van der Waals surface area contributed by atoms with Gasteiger partial charge in [0.1, 0.15) is 17.2 Å². The highest BCUT2D eigenvalue weighted by atomic mass is 79.9. The van der Waals surface area contributed by atoms with Crippen LogP contribution in [0.4, 0.5) is 5.69 Å². The van der Waals surface area contributed by atoms with E-state index < -0.39 is 0 Å². The van der Waals surface area contributed by atoms with Crippen LogP contribution in [0.2, 0.25) is 0 Å². The molecule has 0 radical (unpaired) electrons. The summed E-state index contributed by atoms with van der Waals surface area (Å²) in [7, 11) is 4.67. The molecule has 0 saturated heterocycles. The summed E-state index contributed by atoms with van der Waals surface area (Å²) in [6.45, 7) is 0. The number of Topliss-reactive ketones (excluding diaryl/α,β-unsaturated/α-hetero) is 1. The van der Waals surface area contributed by atoms with Crippen molar-refractivity contribution in [3.05, 3.63) is 52.0 Å². The predicted octanol–water partition coefficient (Wildman–Crippen LogP) is 3.91. The van der Waals surface area contributed by atoms with E-state index in [9.17, 15) is 4.79 Å². The van der Waals surface area contributed by atoms with Crippen LogP contribution < -0.4 is 19.9 Å². The Balaban J connectivity index is 2.36. The number of hydrogen-bond donors (Lipinski definition) is 1. The topological polar surface area (TPSA) is 70.8 Å². The Bertz CT molecular complexity index is 787. The third kappa shape index (κ3) is 3.89. The molecule has 0 aliphatic carbocycles. The van der Waals surface area contributed by atoms with E-state index in [1.54, 1.807) is 56.7 Å². The van der Waals surface area contributed by atoms with Crippen LogP contribution in [0, 0.1) is 0 Å². The van der Waals surface area contributed by atoms with E-state index in [2.05, 4.69) is 15.9 Å². The summed E-state index contributed by atoms with van der Waals surface area (Å²) in [5, 5.41) is 0. The summed E-state index contributed by atoms with van der Waals surface area (Å²) in [6, 6.07) is 10.3. The van der Waals surface area contributed by atoms with Crippen LogP contribution in [0.3, 0.4) is 0 Å². The molecule has 0 aliphatic heterocycles. The van der Waals surface area contributed by atoms with Crippen LogP contribution in [0.25, 0.3) is 6.08 Å². The summed E-state index contributed by atoms with van der Waals surface area (Å²) in [6.07, 6.45) is 1.68. The molecule has 24 heavy (non-hydrogen) atoms. The number of allylic oxidation sites excluding steroid dienone is 1. The van der Waals surface area contributed by atoms with Crippen molar-refractivity contribution in [3.63, 3.8) is 0 Å². The number of carbonyl (C=O) groups is 1. The molecule has 2 aromatic carbocycles. The lowest BCUT2D eigenvalue weighted by Crippen LogP contribution is -2.01. The van der Waals surface area contributed by atoms with Crippen molar-refractivity contribution in [1.82, 2.24) is 0 Å². The van der Waals surface area contributed by atoms with Crippen molar-refractivity contribution in [2.45, 2.75) is 0 Å². The third-order valence-corrected chi connectivity index (χ3v) is 4.02. The SMILES string of the molecule is COc1ccc(OC)c(C=C(Br)C(=O)c2ccc(OC)c(N)c2)c1. The molecule has 126 valence electrons. The molecule has 0 unspecified atom stereocenters. The zero-order valence-electron chi connectivity index (χ0n) is 13.6. The summed E-state index contributed by atoms with van der Waals surface area (Å²) < 4.78 is 16.0. The Morgan fingerprint density at radius 3 is 2.25 bits per heavy atom. The van der Waals surface area contributed by atoms with Gasteiger partial charge >= 0.3 is 0 Å². The number of carbonyl (C=O) groups excluding carboxylic acids is 1. The Hall–Kier alpha value is -2.47. The fourth-order valence-electron chi connectivity index (χ4n) is 2.17. The van der Waals surface area contributed by atoms with E-state index in [1.165, 1.54) is 7.11 Å². The fourth-order valence-corrected chi connectivity index (χ4v) is 2.64. The van der Waals surface area contributed by atoms with Gasteiger partial charge in [0.05, 0.1) is 31.5 Å². The molecule has 0 saturated carbocycles. The fraction of sp³-hybridized carbons (Fsp3) is 0.167. The van der Waals surface area contributed by atoms with Crippen LogP contribution in [-0.4, -0.2) is 27.1 Å². The number of ketones is 1. The molecule has 6 heteroatoms. The van der Waals surface area contributed by atoms with E-state index in [0.717, 1.165) is 5.56 Å². The average Bonchev–Trinajstić information content (AvgIpc) is 2.60. The molecule has 2 N–H and O–H groups in total. The molecule has 0 aliphatic rings. The van der Waals surface area contributed by atoms with Gasteiger partial charge in [0.25, 0.3) is 0 Å². The Morgan fingerprint density at radius 1 is 1.00 bits per heavy atom. The summed E-state index contributed by atoms with van der Waals surface area (Å²) in [4.78, 5) is 12.6. The highest BCUT2D eigenvalue weighted by molar-refractivity contribution is 9.12. The average molecular weight is 392 g/mol. The number of methoxy groups -OCH3 is 3. The first kappa shape index (κ1) is 17.9. The van der Waals surface area contributed by atoms with Gasteiger partial charge in [-0.1, -0.05) is 0 Å². The maximum Gasteiger partial charge on any atom is 0.200 e. The molecule has 2 aromatic rings. The first-order valence-electron chi connectivity index (χ1n) is 7.07. The van der Waals surface area contributed by atoms with Crippen molar-refractivity contribution in [3.8, 4) is 17.2 Å². The highest BCUT2D eigenvalue weighted by Crippen LogP contribution is 2.29. The van der Waals surface area contributed by atoms with Crippen molar-refractivity contribution in [2.24, 2.45) is 0 Å². The molecule has 5 nitrogen and oxygen atoms in total. The van der Waals surface area contributed by atoms with Crippen LogP contribution >= 0.6 is 15.9 Å². The van der Waals surface area contributed by atoms with Gasteiger partial charge < -0.3 is 19.9 Å². The van der Waals surface area contributed by atoms with Crippen molar-refractivity contribution >= 4 is 33.5 Å². The van der Waals surface area contributed by atoms with Crippen molar-refractivity contribution in [2.75, 3.05) is 27.1 Å². The number of nitrogens with two attached hydrogens (primary N) is 1. The van der Waals surface area contributed by atoms with E-state index >= 15 is 0 Å². The van der Waals surface area contributed by atoms with Crippen LogP contribution in [0.15, 0.2) is 40.9 Å². The van der Waals surface area contributed by atoms with Gasteiger partial charge in [-0.15, -0.1) is 0 Å². The molecule has 2 rings (SSSR count). The second-order valence-corrected chi connectivity index (χ2v) is 5.74. The molecule has 0 spiro atoms. The minimum atomic E-state index is -0.200. The number of rotatable bonds is 6. The smallest absolute Gasteiger partial charge is 0.200 e. The zero-order chi connectivity index (χ0) is 17.7. The van der Waals surface area contributed by atoms with Crippen LogP contribution in [0.1, 0.15) is 15.9 Å². The second-order valence-electron chi connectivity index (χ2n) is 4.89. The number of hydrogen-bond acceptors (Lipinski definition) is 5. The monoisotopic (exact) mass is 391 g/mol. The minimum Gasteiger partial charge on any atom is -0.497 e. The minimum absolute atomic E-state index is 0.200. The maximum atomic E-state index is 12.6. The zero-order valence-corrected chi connectivity index (χ0v) is 15.2. The molecular formula is C18H18BrNO4. The molecule has 0 atom stereocenters. The largest absolute Gasteiger partial charge is 0.497 e. The van der Waals surface area contributed by atoms with Gasteiger partial charge in [-0.2, -0.15) is 0 Å². The second kappa shape index (κ2) is 7.88. The van der Waals surface area contributed by atoms with Crippen LogP contribution in [-0.2, 0) is 0 Å². The highest BCUT2D eigenvalue weighted by Gasteiger charge is 2.13. The van der Waals surface area contributed by atoms with Gasteiger partial charge in [0.2, 0.25) is 0 Å². The summed E-state index contributed by atoms with van der Waals surface area (Å²) >= 11 is 3.33. The number of ether oxygens (including phenoxy) is 3. The van der Waals surface area contributed by atoms with Crippen molar-refractivity contribution < 1.29 is 19.0 Å². The number of nitrogen functional groups attached to an aromatic ring is 1. The van der Waals surface area contributed by atoms with E-state index in [1.807, 2.05) is 0 Å². The lowest BCUT2D eigenvalue weighted by atomic mass is 10.1. The number of halogens is 1. The van der Waals surface area contributed by atoms with Gasteiger partial charge in [-0.25, -0.2) is 0 Å². The quantitative estimate of drug-likeness (QED) is 0.459.